The number of amides is 1. The quantitative estimate of drug-likeness (QED) is 0.496. The molecule has 2 atom stereocenters. The molecule has 10 nitrogen and oxygen atoms in total. The average molecular weight is 445 g/mol. The number of nitrogens with one attached hydrogen (secondary N) is 1. The summed E-state index contributed by atoms with van der Waals surface area (Å²) in [6.45, 7) is 2.04. The van der Waals surface area contributed by atoms with Crippen LogP contribution in [0.2, 0.25) is 0 Å². The summed E-state index contributed by atoms with van der Waals surface area (Å²) in [5.41, 5.74) is 0.780. The first-order valence-electron chi connectivity index (χ1n) is 9.68. The summed E-state index contributed by atoms with van der Waals surface area (Å²) in [6.07, 6.45) is -0.665. The Labute approximate surface area is 183 Å². The van der Waals surface area contributed by atoms with Crippen molar-refractivity contribution in [3.63, 3.8) is 0 Å². The third kappa shape index (κ3) is 5.61. The molecule has 2 aromatic carbocycles. The van der Waals surface area contributed by atoms with Crippen molar-refractivity contribution in [3.8, 4) is 23.0 Å². The van der Waals surface area contributed by atoms with E-state index in [0.717, 1.165) is 6.08 Å². The predicted molar refractivity (Wildman–Crippen MR) is 112 cm³/mol. The van der Waals surface area contributed by atoms with Gasteiger partial charge in [0.1, 0.15) is 6.10 Å². The maximum atomic E-state index is 12.7. The number of phenols is 1. The third-order valence-electron chi connectivity index (χ3n) is 4.47. The number of ether oxygens (including phenoxy) is 5. The molecule has 1 amide bonds. The van der Waals surface area contributed by atoms with Crippen molar-refractivity contribution >= 4 is 17.7 Å². The lowest BCUT2D eigenvalue weighted by Crippen LogP contribution is -2.28. The van der Waals surface area contributed by atoms with E-state index in [0.29, 0.717) is 22.7 Å². The minimum absolute atomic E-state index is 0.0955. The molecule has 0 spiro atoms. The van der Waals surface area contributed by atoms with E-state index in [1.165, 1.54) is 25.3 Å². The van der Waals surface area contributed by atoms with Crippen LogP contribution >= 0.6 is 0 Å². The molecule has 10 heteroatoms. The first-order valence-corrected chi connectivity index (χ1v) is 9.68. The molecule has 0 unspecified atom stereocenters. The van der Waals surface area contributed by atoms with Gasteiger partial charge in [-0.2, -0.15) is 0 Å². The molecule has 0 aromatic heterocycles. The number of phenolic OH excluding ortho intramolecular Hbond substituents is 1. The minimum Gasteiger partial charge on any atom is -0.504 e. The molecule has 0 saturated carbocycles. The van der Waals surface area contributed by atoms with Gasteiger partial charge in [-0.3, -0.25) is 5.32 Å². The van der Waals surface area contributed by atoms with Crippen LogP contribution in [0.15, 0.2) is 48.6 Å². The molecule has 0 bridgehead atoms. The lowest BCUT2D eigenvalue weighted by molar-refractivity contribution is -0.131. The SMILES string of the molecule is CCO[C@@H](/C=C/C(=O)O)[C@@H](OC(=O)Nc1ccc2c(c1)OCO2)c1ccc(OC)c(O)c1. The first kappa shape index (κ1) is 22.8. The molecule has 0 fully saturated rings. The second-order valence-corrected chi connectivity index (χ2v) is 6.57. The van der Waals surface area contributed by atoms with Crippen molar-refractivity contribution in [1.82, 2.24) is 0 Å². The van der Waals surface area contributed by atoms with Gasteiger partial charge in [0.05, 0.1) is 7.11 Å². The Morgan fingerprint density at radius 2 is 1.97 bits per heavy atom. The average Bonchev–Trinajstić information content (AvgIpc) is 3.23. The monoisotopic (exact) mass is 445 g/mol. The van der Waals surface area contributed by atoms with Crippen molar-refractivity contribution < 1.29 is 43.5 Å². The Hall–Kier alpha value is -3.92. The Morgan fingerprint density at radius 1 is 1.19 bits per heavy atom. The molecular formula is C22H23NO9. The van der Waals surface area contributed by atoms with E-state index in [9.17, 15) is 14.7 Å². The molecule has 3 N–H and O–H groups in total. The van der Waals surface area contributed by atoms with Crippen molar-refractivity contribution in [1.29, 1.82) is 0 Å². The van der Waals surface area contributed by atoms with Gasteiger partial charge < -0.3 is 33.9 Å². The van der Waals surface area contributed by atoms with E-state index in [2.05, 4.69) is 5.32 Å². The van der Waals surface area contributed by atoms with Crippen LogP contribution in [-0.2, 0) is 14.3 Å². The summed E-state index contributed by atoms with van der Waals surface area (Å²) in [4.78, 5) is 23.7. The molecule has 0 radical (unpaired) electrons. The van der Waals surface area contributed by atoms with Gasteiger partial charge in [-0.15, -0.1) is 0 Å². The number of fused-ring (bicyclic) bond motifs is 1. The van der Waals surface area contributed by atoms with E-state index in [1.54, 1.807) is 31.2 Å². The second kappa shape index (κ2) is 10.4. The van der Waals surface area contributed by atoms with Crippen LogP contribution in [0.3, 0.4) is 0 Å². The van der Waals surface area contributed by atoms with Crippen LogP contribution in [0.5, 0.6) is 23.0 Å². The number of hydrogen-bond acceptors (Lipinski definition) is 8. The van der Waals surface area contributed by atoms with E-state index >= 15 is 0 Å². The number of carbonyl (C=O) groups is 2. The van der Waals surface area contributed by atoms with Gasteiger partial charge in [0, 0.05) is 24.4 Å². The number of rotatable bonds is 9. The standard InChI is InChI=1S/C22H23NO9/c1-3-29-18(8-9-20(25)26)21(13-4-6-16(28-2)15(24)10-13)32-22(27)23-14-5-7-17-19(11-14)31-12-30-17/h4-11,18,21,24H,3,12H2,1-2H3,(H,23,27)(H,25,26)/b9-8+/t18-,21-/m0/s1. The smallest absolute Gasteiger partial charge is 0.412 e. The van der Waals surface area contributed by atoms with Gasteiger partial charge in [-0.25, -0.2) is 9.59 Å². The first-order chi connectivity index (χ1) is 15.4. The molecule has 0 aliphatic carbocycles. The summed E-state index contributed by atoms with van der Waals surface area (Å²) in [5, 5.41) is 21.8. The molecule has 1 aliphatic rings. The fourth-order valence-corrected chi connectivity index (χ4v) is 3.06. The highest BCUT2D eigenvalue weighted by atomic mass is 16.7. The second-order valence-electron chi connectivity index (χ2n) is 6.57. The Balaban J connectivity index is 1.85. The Bertz CT molecular complexity index is 1000. The highest BCUT2D eigenvalue weighted by molar-refractivity contribution is 5.85. The largest absolute Gasteiger partial charge is 0.504 e. The highest BCUT2D eigenvalue weighted by Gasteiger charge is 2.27. The zero-order valence-corrected chi connectivity index (χ0v) is 17.4. The third-order valence-corrected chi connectivity index (χ3v) is 4.47. The van der Waals surface area contributed by atoms with Crippen molar-refractivity contribution in [2.75, 3.05) is 25.8 Å². The number of hydrogen-bond donors (Lipinski definition) is 3. The number of aliphatic carboxylic acids is 1. The summed E-state index contributed by atoms with van der Waals surface area (Å²) in [5.74, 6) is -0.0869. The van der Waals surface area contributed by atoms with E-state index in [4.69, 9.17) is 28.8 Å². The molecular weight excluding hydrogens is 422 g/mol. The lowest BCUT2D eigenvalue weighted by atomic mass is 10.0. The Kier molecular flexibility index (Phi) is 7.40. The van der Waals surface area contributed by atoms with Gasteiger partial charge >= 0.3 is 12.1 Å². The van der Waals surface area contributed by atoms with Crippen LogP contribution in [0.25, 0.3) is 0 Å². The fraction of sp³-hybridized carbons (Fsp3) is 0.273. The van der Waals surface area contributed by atoms with E-state index in [1.807, 2.05) is 0 Å². The topological polar surface area (TPSA) is 133 Å². The van der Waals surface area contributed by atoms with E-state index < -0.39 is 24.3 Å². The number of benzene rings is 2. The minimum atomic E-state index is -1.18. The molecule has 1 heterocycles. The number of carbonyl (C=O) groups excluding carboxylic acids is 1. The van der Waals surface area contributed by atoms with Gasteiger partial charge in [0.15, 0.2) is 29.1 Å². The maximum absolute atomic E-state index is 12.7. The summed E-state index contributed by atoms with van der Waals surface area (Å²) >= 11 is 0. The summed E-state index contributed by atoms with van der Waals surface area (Å²) in [6, 6.07) is 9.29. The number of aromatic hydroxyl groups is 1. The van der Waals surface area contributed by atoms with Crippen molar-refractivity contribution in [2.24, 2.45) is 0 Å². The maximum Gasteiger partial charge on any atom is 0.412 e. The molecule has 3 rings (SSSR count). The van der Waals surface area contributed by atoms with E-state index in [-0.39, 0.29) is 24.9 Å². The van der Waals surface area contributed by atoms with Crippen LogP contribution in [0.4, 0.5) is 10.5 Å². The van der Waals surface area contributed by atoms with Crippen LogP contribution < -0.4 is 19.5 Å². The van der Waals surface area contributed by atoms with Crippen molar-refractivity contribution in [2.45, 2.75) is 19.1 Å². The highest BCUT2D eigenvalue weighted by Crippen LogP contribution is 2.35. The fourth-order valence-electron chi connectivity index (χ4n) is 3.06. The number of carboxylic acids is 1. The summed E-state index contributed by atoms with van der Waals surface area (Å²) in [7, 11) is 1.40. The predicted octanol–water partition coefficient (Wildman–Crippen LogP) is 3.47. The van der Waals surface area contributed by atoms with Gasteiger partial charge in [0.2, 0.25) is 6.79 Å². The van der Waals surface area contributed by atoms with Crippen molar-refractivity contribution in [3.05, 3.63) is 54.1 Å². The normalized spacial score (nSPS) is 14.1. The lowest BCUT2D eigenvalue weighted by Gasteiger charge is -2.25. The number of carboxylic acid groups (broad SMARTS) is 1. The molecule has 32 heavy (non-hydrogen) atoms. The van der Waals surface area contributed by atoms with Crippen LogP contribution in [0, 0.1) is 0 Å². The number of methoxy groups -OCH3 is 1. The van der Waals surface area contributed by atoms with Crippen LogP contribution in [0.1, 0.15) is 18.6 Å². The van der Waals surface area contributed by atoms with Crippen LogP contribution in [-0.4, -0.2) is 48.9 Å². The van der Waals surface area contributed by atoms with Gasteiger partial charge in [0.25, 0.3) is 0 Å². The van der Waals surface area contributed by atoms with Gasteiger partial charge in [-0.1, -0.05) is 6.07 Å². The molecule has 1 aliphatic heterocycles. The number of anilines is 1. The van der Waals surface area contributed by atoms with Gasteiger partial charge in [-0.05, 0) is 42.8 Å². The zero-order chi connectivity index (χ0) is 23.1. The zero-order valence-electron chi connectivity index (χ0n) is 17.4. The Morgan fingerprint density at radius 3 is 2.66 bits per heavy atom. The molecule has 170 valence electrons. The molecule has 0 saturated heterocycles. The molecule has 2 aromatic rings. The summed E-state index contributed by atoms with van der Waals surface area (Å²) < 4.78 is 26.8.